The first-order chi connectivity index (χ1) is 7.83. The summed E-state index contributed by atoms with van der Waals surface area (Å²) in [6.07, 6.45) is 7.47. The van der Waals surface area contributed by atoms with E-state index in [-0.39, 0.29) is 0 Å². The first-order valence-corrected chi connectivity index (χ1v) is 6.50. The highest BCUT2D eigenvalue weighted by atomic mass is 16.5. The summed E-state index contributed by atoms with van der Waals surface area (Å²) < 4.78 is 5.39. The van der Waals surface area contributed by atoms with Gasteiger partial charge in [-0.15, -0.1) is 0 Å². The van der Waals surface area contributed by atoms with Gasteiger partial charge in [-0.1, -0.05) is 0 Å². The van der Waals surface area contributed by atoms with E-state index in [9.17, 15) is 0 Å². The largest absolute Gasteiger partial charge is 0.381 e. The molecular formula is C13H22N2O. The molecule has 0 radical (unpaired) electrons. The van der Waals surface area contributed by atoms with Gasteiger partial charge in [-0.2, -0.15) is 5.26 Å². The molecule has 0 spiro atoms. The second kappa shape index (κ2) is 5.65. The van der Waals surface area contributed by atoms with Crippen LogP contribution >= 0.6 is 0 Å². The summed E-state index contributed by atoms with van der Waals surface area (Å²) in [5.41, 5.74) is 0. The van der Waals surface area contributed by atoms with Gasteiger partial charge in [0.15, 0.2) is 0 Å². The lowest BCUT2D eigenvalue weighted by Gasteiger charge is -2.39. The van der Waals surface area contributed by atoms with E-state index in [1.54, 1.807) is 0 Å². The molecule has 1 heterocycles. The lowest BCUT2D eigenvalue weighted by molar-refractivity contribution is 0.0194. The highest BCUT2D eigenvalue weighted by Crippen LogP contribution is 2.29. The molecule has 90 valence electrons. The molecule has 1 saturated heterocycles. The smallest absolute Gasteiger partial charge is 0.0655 e. The van der Waals surface area contributed by atoms with Crippen molar-refractivity contribution in [1.82, 2.24) is 4.90 Å². The van der Waals surface area contributed by atoms with E-state index in [4.69, 9.17) is 10.00 Å². The van der Waals surface area contributed by atoms with Crippen molar-refractivity contribution >= 4 is 0 Å². The molecule has 0 unspecified atom stereocenters. The molecule has 1 saturated carbocycles. The fourth-order valence-electron chi connectivity index (χ4n) is 3.05. The van der Waals surface area contributed by atoms with Crippen LogP contribution in [-0.2, 0) is 4.74 Å². The zero-order valence-corrected chi connectivity index (χ0v) is 10.2. The molecule has 0 atom stereocenters. The standard InChI is InChI=1S/C13H22N2O/c1-16-13-6-8-15(9-7-13)12-4-2-11(10-14)3-5-12/h11-13H,2-9H2,1H3. The van der Waals surface area contributed by atoms with Crippen LogP contribution in [0.15, 0.2) is 0 Å². The number of nitriles is 1. The summed E-state index contributed by atoms with van der Waals surface area (Å²) in [6.45, 7) is 2.36. The van der Waals surface area contributed by atoms with Gasteiger partial charge < -0.3 is 9.64 Å². The van der Waals surface area contributed by atoms with Gasteiger partial charge in [0.25, 0.3) is 0 Å². The van der Waals surface area contributed by atoms with Crippen LogP contribution in [0.25, 0.3) is 0 Å². The van der Waals surface area contributed by atoms with Crippen molar-refractivity contribution in [3.05, 3.63) is 0 Å². The topological polar surface area (TPSA) is 36.3 Å². The Bertz CT molecular complexity index is 245. The first-order valence-electron chi connectivity index (χ1n) is 6.50. The lowest BCUT2D eigenvalue weighted by Crippen LogP contribution is -2.44. The molecule has 0 N–H and O–H groups in total. The molecule has 0 bridgehead atoms. The van der Waals surface area contributed by atoms with E-state index in [2.05, 4.69) is 11.0 Å². The van der Waals surface area contributed by atoms with Crippen molar-refractivity contribution in [3.63, 3.8) is 0 Å². The van der Waals surface area contributed by atoms with E-state index in [1.807, 2.05) is 7.11 Å². The summed E-state index contributed by atoms with van der Waals surface area (Å²) in [5, 5.41) is 8.87. The molecule has 0 aromatic carbocycles. The Kier molecular flexibility index (Phi) is 4.20. The minimum Gasteiger partial charge on any atom is -0.381 e. The molecule has 1 aliphatic heterocycles. The predicted octanol–water partition coefficient (Wildman–Crippen LogP) is 2.18. The van der Waals surface area contributed by atoms with Crippen LogP contribution in [0.5, 0.6) is 0 Å². The van der Waals surface area contributed by atoms with Crippen LogP contribution in [0.1, 0.15) is 38.5 Å². The zero-order chi connectivity index (χ0) is 11.4. The molecule has 16 heavy (non-hydrogen) atoms. The molecule has 0 aromatic heterocycles. The average molecular weight is 222 g/mol. The van der Waals surface area contributed by atoms with E-state index < -0.39 is 0 Å². The second-order valence-electron chi connectivity index (χ2n) is 5.11. The number of hydrogen-bond acceptors (Lipinski definition) is 3. The number of nitrogens with zero attached hydrogens (tertiary/aromatic N) is 2. The number of rotatable bonds is 2. The zero-order valence-electron chi connectivity index (χ0n) is 10.2. The summed E-state index contributed by atoms with van der Waals surface area (Å²) in [7, 11) is 1.82. The summed E-state index contributed by atoms with van der Waals surface area (Å²) >= 11 is 0. The molecule has 2 fully saturated rings. The molecule has 1 aliphatic carbocycles. The Morgan fingerprint density at radius 2 is 1.69 bits per heavy atom. The summed E-state index contributed by atoms with van der Waals surface area (Å²) in [4.78, 5) is 2.61. The fourth-order valence-corrected chi connectivity index (χ4v) is 3.05. The average Bonchev–Trinajstić information content (AvgIpc) is 2.39. The van der Waals surface area contributed by atoms with Crippen LogP contribution in [0, 0.1) is 17.2 Å². The highest BCUT2D eigenvalue weighted by molar-refractivity contribution is 4.90. The maximum Gasteiger partial charge on any atom is 0.0655 e. The highest BCUT2D eigenvalue weighted by Gasteiger charge is 2.28. The molecule has 0 aromatic rings. The molecule has 3 heteroatoms. The molecule has 0 amide bonds. The molecular weight excluding hydrogens is 200 g/mol. The minimum absolute atomic E-state index is 0.327. The number of methoxy groups -OCH3 is 1. The van der Waals surface area contributed by atoms with E-state index in [1.165, 1.54) is 38.8 Å². The van der Waals surface area contributed by atoms with Crippen molar-refractivity contribution in [2.45, 2.75) is 50.7 Å². The van der Waals surface area contributed by atoms with E-state index in [0.717, 1.165) is 18.9 Å². The monoisotopic (exact) mass is 222 g/mol. The van der Waals surface area contributed by atoms with Gasteiger partial charge in [-0.05, 0) is 38.5 Å². The normalized spacial score (nSPS) is 33.5. The molecule has 2 aliphatic rings. The van der Waals surface area contributed by atoms with Crippen LogP contribution in [0.2, 0.25) is 0 Å². The van der Waals surface area contributed by atoms with Crippen molar-refractivity contribution in [3.8, 4) is 6.07 Å². The van der Waals surface area contributed by atoms with Gasteiger partial charge >= 0.3 is 0 Å². The Morgan fingerprint density at radius 3 is 2.19 bits per heavy atom. The third kappa shape index (κ3) is 2.75. The van der Waals surface area contributed by atoms with Crippen LogP contribution < -0.4 is 0 Å². The quantitative estimate of drug-likeness (QED) is 0.718. The van der Waals surface area contributed by atoms with Gasteiger partial charge in [-0.3, -0.25) is 0 Å². The Morgan fingerprint density at radius 1 is 1.06 bits per heavy atom. The van der Waals surface area contributed by atoms with Crippen LogP contribution in [0.3, 0.4) is 0 Å². The number of ether oxygens (including phenoxy) is 1. The number of piperidine rings is 1. The molecule has 3 nitrogen and oxygen atoms in total. The van der Waals surface area contributed by atoms with E-state index >= 15 is 0 Å². The van der Waals surface area contributed by atoms with Crippen molar-refractivity contribution in [1.29, 1.82) is 5.26 Å². The van der Waals surface area contributed by atoms with Gasteiger partial charge in [0.1, 0.15) is 0 Å². The van der Waals surface area contributed by atoms with Gasteiger partial charge in [0.05, 0.1) is 12.2 Å². The van der Waals surface area contributed by atoms with Gasteiger partial charge in [-0.25, -0.2) is 0 Å². The minimum atomic E-state index is 0.327. The lowest BCUT2D eigenvalue weighted by atomic mass is 9.85. The third-order valence-corrected chi connectivity index (χ3v) is 4.21. The van der Waals surface area contributed by atoms with Crippen molar-refractivity contribution < 1.29 is 4.74 Å². The predicted molar refractivity (Wildman–Crippen MR) is 63.0 cm³/mol. The summed E-state index contributed by atoms with van der Waals surface area (Å²) in [6, 6.07) is 3.14. The van der Waals surface area contributed by atoms with Crippen molar-refractivity contribution in [2.75, 3.05) is 20.2 Å². The van der Waals surface area contributed by atoms with Crippen LogP contribution in [-0.4, -0.2) is 37.2 Å². The Hall–Kier alpha value is -0.590. The maximum atomic E-state index is 8.87. The third-order valence-electron chi connectivity index (χ3n) is 4.21. The van der Waals surface area contributed by atoms with Crippen molar-refractivity contribution in [2.24, 2.45) is 5.92 Å². The number of hydrogen-bond donors (Lipinski definition) is 0. The first kappa shape index (κ1) is 11.9. The molecule has 2 rings (SSSR count). The maximum absolute atomic E-state index is 8.87. The van der Waals surface area contributed by atoms with E-state index in [0.29, 0.717) is 12.0 Å². The summed E-state index contributed by atoms with van der Waals surface area (Å²) in [5.74, 6) is 0.327. The van der Waals surface area contributed by atoms with Crippen LogP contribution in [0.4, 0.5) is 0 Å². The Balaban J connectivity index is 1.76. The fraction of sp³-hybridized carbons (Fsp3) is 0.923. The van der Waals surface area contributed by atoms with Gasteiger partial charge in [0, 0.05) is 32.2 Å². The SMILES string of the molecule is COC1CCN(C2CCC(C#N)CC2)CC1. The Labute approximate surface area is 98.4 Å². The van der Waals surface area contributed by atoms with Gasteiger partial charge in [0.2, 0.25) is 0 Å². The second-order valence-corrected chi connectivity index (χ2v) is 5.11. The number of likely N-dealkylation sites (tertiary alicyclic amines) is 1.